The third kappa shape index (κ3) is 3.56. The van der Waals surface area contributed by atoms with Gasteiger partial charge in [0.05, 0.1) is 30.3 Å². The van der Waals surface area contributed by atoms with Crippen molar-refractivity contribution in [2.45, 2.75) is 64.1 Å². The van der Waals surface area contributed by atoms with Crippen molar-refractivity contribution in [3.8, 4) is 0 Å². The molecule has 4 heteroatoms. The fraction of sp³-hybridized carbons (Fsp3) is 0.786. The van der Waals surface area contributed by atoms with Gasteiger partial charge >= 0.3 is 0 Å². The molecule has 2 N–H and O–H groups in total. The summed E-state index contributed by atoms with van der Waals surface area (Å²) >= 11 is 0. The van der Waals surface area contributed by atoms with E-state index in [0.717, 1.165) is 18.8 Å². The zero-order valence-corrected chi connectivity index (χ0v) is 11.6. The number of nitrogens with zero attached hydrogens (tertiary/aromatic N) is 2. The fourth-order valence-electron chi connectivity index (χ4n) is 2.58. The molecule has 0 radical (unpaired) electrons. The van der Waals surface area contributed by atoms with E-state index < -0.39 is 0 Å². The fourth-order valence-corrected chi connectivity index (χ4v) is 2.58. The molecule has 1 saturated carbocycles. The highest BCUT2D eigenvalue weighted by molar-refractivity contribution is 5.09. The Morgan fingerprint density at radius 3 is 2.78 bits per heavy atom. The number of aromatic nitrogens is 2. The number of hydrogen-bond acceptors (Lipinski definition) is 3. The van der Waals surface area contributed by atoms with Gasteiger partial charge in [-0.2, -0.15) is 0 Å². The molecule has 18 heavy (non-hydrogen) atoms. The first-order valence-corrected chi connectivity index (χ1v) is 6.98. The third-order valence-electron chi connectivity index (χ3n) is 3.61. The van der Waals surface area contributed by atoms with Crippen molar-refractivity contribution in [1.29, 1.82) is 0 Å². The minimum absolute atomic E-state index is 0.346. The largest absolute Gasteiger partial charge is 0.376 e. The van der Waals surface area contributed by atoms with E-state index in [2.05, 4.69) is 9.55 Å². The molecule has 0 unspecified atom stereocenters. The van der Waals surface area contributed by atoms with Crippen molar-refractivity contribution in [1.82, 2.24) is 9.55 Å². The molecular weight excluding hydrogens is 226 g/mol. The Kier molecular flexibility index (Phi) is 4.40. The minimum Gasteiger partial charge on any atom is -0.376 e. The number of imidazole rings is 1. The van der Waals surface area contributed by atoms with Crippen molar-refractivity contribution in [2.75, 3.05) is 6.61 Å². The van der Waals surface area contributed by atoms with Gasteiger partial charge in [0.25, 0.3) is 0 Å². The molecule has 0 saturated heterocycles. The van der Waals surface area contributed by atoms with E-state index in [-0.39, 0.29) is 5.54 Å². The summed E-state index contributed by atoms with van der Waals surface area (Å²) < 4.78 is 8.03. The average Bonchev–Trinajstić information content (AvgIpc) is 2.78. The maximum atomic E-state index is 6.11. The predicted molar refractivity (Wildman–Crippen MR) is 72.3 cm³/mol. The van der Waals surface area contributed by atoms with Gasteiger partial charge in [-0.05, 0) is 26.7 Å². The Bertz CT molecular complexity index is 361. The first-order chi connectivity index (χ1) is 8.57. The Labute approximate surface area is 110 Å². The molecule has 0 aromatic carbocycles. The van der Waals surface area contributed by atoms with E-state index >= 15 is 0 Å². The zero-order valence-electron chi connectivity index (χ0n) is 11.6. The summed E-state index contributed by atoms with van der Waals surface area (Å²) in [6.45, 7) is 5.60. The zero-order chi connectivity index (χ0) is 13.0. The van der Waals surface area contributed by atoms with Crippen molar-refractivity contribution in [2.24, 2.45) is 5.73 Å². The van der Waals surface area contributed by atoms with Crippen LogP contribution in [-0.2, 0) is 16.8 Å². The Morgan fingerprint density at radius 2 is 2.11 bits per heavy atom. The molecule has 1 aliphatic carbocycles. The minimum atomic E-state index is -0.346. The summed E-state index contributed by atoms with van der Waals surface area (Å²) in [6, 6.07) is 0. The highest BCUT2D eigenvalue weighted by Gasteiger charge is 2.19. The van der Waals surface area contributed by atoms with Crippen molar-refractivity contribution in [3.05, 3.63) is 18.2 Å². The van der Waals surface area contributed by atoms with Crippen LogP contribution in [0.3, 0.4) is 0 Å². The highest BCUT2D eigenvalue weighted by Crippen LogP contribution is 2.20. The second kappa shape index (κ2) is 5.85. The average molecular weight is 251 g/mol. The van der Waals surface area contributed by atoms with Crippen molar-refractivity contribution < 1.29 is 4.74 Å². The first-order valence-electron chi connectivity index (χ1n) is 6.98. The summed E-state index contributed by atoms with van der Waals surface area (Å²) in [6.07, 6.45) is 10.6. The second-order valence-electron chi connectivity index (χ2n) is 5.82. The lowest BCUT2D eigenvalue weighted by Gasteiger charge is -2.24. The normalized spacial score (nSPS) is 18.2. The standard InChI is InChI=1S/C14H25N3O/c1-14(2,15)13-10-16-11-17(13)8-9-18-12-6-4-3-5-7-12/h10-12H,3-9,15H2,1-2H3. The quantitative estimate of drug-likeness (QED) is 0.874. The summed E-state index contributed by atoms with van der Waals surface area (Å²) in [4.78, 5) is 4.18. The summed E-state index contributed by atoms with van der Waals surface area (Å²) in [5.74, 6) is 0. The van der Waals surface area contributed by atoms with Crippen LogP contribution in [0, 0.1) is 0 Å². The molecule has 102 valence electrons. The van der Waals surface area contributed by atoms with Crippen LogP contribution in [0.2, 0.25) is 0 Å². The SMILES string of the molecule is CC(C)(N)c1cncn1CCOC1CCCCC1. The third-order valence-corrected chi connectivity index (χ3v) is 3.61. The van der Waals surface area contributed by atoms with E-state index in [9.17, 15) is 0 Å². The highest BCUT2D eigenvalue weighted by atomic mass is 16.5. The van der Waals surface area contributed by atoms with Gasteiger partial charge in [0.1, 0.15) is 0 Å². The maximum absolute atomic E-state index is 6.11. The van der Waals surface area contributed by atoms with Gasteiger partial charge in [-0.25, -0.2) is 4.98 Å². The predicted octanol–water partition coefficient (Wildman–Crippen LogP) is 2.43. The summed E-state index contributed by atoms with van der Waals surface area (Å²) in [5.41, 5.74) is 6.83. The molecule has 1 fully saturated rings. The lowest BCUT2D eigenvalue weighted by Crippen LogP contribution is -2.32. The Hall–Kier alpha value is -0.870. The van der Waals surface area contributed by atoms with Crippen LogP contribution in [0.1, 0.15) is 51.6 Å². The first kappa shape index (κ1) is 13.6. The van der Waals surface area contributed by atoms with Crippen LogP contribution < -0.4 is 5.73 Å². The Morgan fingerprint density at radius 1 is 1.39 bits per heavy atom. The summed E-state index contributed by atoms with van der Waals surface area (Å²) in [5, 5.41) is 0. The number of rotatable bonds is 5. The number of ether oxygens (including phenoxy) is 1. The molecule has 0 amide bonds. The molecule has 0 aliphatic heterocycles. The van der Waals surface area contributed by atoms with Crippen LogP contribution in [0.15, 0.2) is 12.5 Å². The van der Waals surface area contributed by atoms with Crippen LogP contribution >= 0.6 is 0 Å². The van der Waals surface area contributed by atoms with Gasteiger partial charge in [-0.1, -0.05) is 19.3 Å². The van der Waals surface area contributed by atoms with Crippen molar-refractivity contribution in [3.63, 3.8) is 0 Å². The molecular formula is C14H25N3O. The van der Waals surface area contributed by atoms with E-state index in [1.165, 1.54) is 32.1 Å². The maximum Gasteiger partial charge on any atom is 0.0949 e. The van der Waals surface area contributed by atoms with E-state index in [1.54, 1.807) is 0 Å². The molecule has 2 rings (SSSR count). The van der Waals surface area contributed by atoms with Gasteiger partial charge < -0.3 is 15.0 Å². The summed E-state index contributed by atoms with van der Waals surface area (Å²) in [7, 11) is 0. The van der Waals surface area contributed by atoms with E-state index in [1.807, 2.05) is 26.4 Å². The van der Waals surface area contributed by atoms with E-state index in [4.69, 9.17) is 10.5 Å². The number of hydrogen-bond donors (Lipinski definition) is 1. The molecule has 4 nitrogen and oxygen atoms in total. The topological polar surface area (TPSA) is 53.1 Å². The van der Waals surface area contributed by atoms with Crippen LogP contribution in [0.4, 0.5) is 0 Å². The van der Waals surface area contributed by atoms with Gasteiger partial charge in [-0.15, -0.1) is 0 Å². The monoisotopic (exact) mass is 251 g/mol. The van der Waals surface area contributed by atoms with Gasteiger partial charge in [0, 0.05) is 12.7 Å². The lowest BCUT2D eigenvalue weighted by molar-refractivity contribution is 0.0236. The van der Waals surface area contributed by atoms with Crippen LogP contribution in [0.5, 0.6) is 0 Å². The second-order valence-corrected chi connectivity index (χ2v) is 5.82. The molecule has 0 atom stereocenters. The molecule has 1 heterocycles. The van der Waals surface area contributed by atoms with Crippen LogP contribution in [-0.4, -0.2) is 22.3 Å². The molecule has 1 aromatic rings. The molecule has 1 aromatic heterocycles. The molecule has 1 aliphatic rings. The lowest BCUT2D eigenvalue weighted by atomic mass is 9.98. The van der Waals surface area contributed by atoms with Gasteiger partial charge in [0.2, 0.25) is 0 Å². The molecule has 0 spiro atoms. The van der Waals surface area contributed by atoms with Crippen molar-refractivity contribution >= 4 is 0 Å². The smallest absolute Gasteiger partial charge is 0.0949 e. The number of nitrogens with two attached hydrogens (primary N) is 1. The van der Waals surface area contributed by atoms with Gasteiger partial charge in [-0.3, -0.25) is 0 Å². The Balaban J connectivity index is 1.81. The van der Waals surface area contributed by atoms with E-state index in [0.29, 0.717) is 6.10 Å². The molecule has 0 bridgehead atoms. The van der Waals surface area contributed by atoms with Gasteiger partial charge in [0.15, 0.2) is 0 Å². The van der Waals surface area contributed by atoms with Crippen LogP contribution in [0.25, 0.3) is 0 Å².